The Kier molecular flexibility index (Phi) is 7.51. The van der Waals surface area contributed by atoms with Gasteiger partial charge in [-0.1, -0.05) is 13.0 Å². The van der Waals surface area contributed by atoms with Gasteiger partial charge in [-0.2, -0.15) is 4.31 Å². The molecule has 0 saturated carbocycles. The lowest BCUT2D eigenvalue weighted by Crippen LogP contribution is -2.50. The second kappa shape index (κ2) is 10.6. The van der Waals surface area contributed by atoms with Gasteiger partial charge in [0.25, 0.3) is 5.91 Å². The summed E-state index contributed by atoms with van der Waals surface area (Å²) < 4.78 is 43.9. The molecule has 1 N–H and O–H groups in total. The molecule has 2 aromatic carbocycles. The van der Waals surface area contributed by atoms with Crippen LogP contribution in [0.1, 0.15) is 18.9 Å². The fourth-order valence-electron chi connectivity index (χ4n) is 4.09. The van der Waals surface area contributed by atoms with Gasteiger partial charge in [0.05, 0.1) is 24.8 Å². The number of carbonyl (C=O) groups is 2. The van der Waals surface area contributed by atoms with E-state index in [-0.39, 0.29) is 42.9 Å². The monoisotopic (exact) mass is 515 g/mol. The third kappa shape index (κ3) is 5.17. The summed E-state index contributed by atoms with van der Waals surface area (Å²) >= 11 is 0. The third-order valence-corrected chi connectivity index (χ3v) is 8.05. The number of nitrogens with zero attached hydrogens (tertiary/aromatic N) is 2. The molecule has 0 unspecified atom stereocenters. The van der Waals surface area contributed by atoms with Gasteiger partial charge in [0, 0.05) is 32.3 Å². The van der Waals surface area contributed by atoms with Crippen LogP contribution in [-0.4, -0.2) is 75.9 Å². The first kappa shape index (κ1) is 25.5. The summed E-state index contributed by atoms with van der Waals surface area (Å²) in [6.07, 6.45) is 3.06. The molecule has 4 rings (SSSR count). The molecule has 2 aliphatic rings. The van der Waals surface area contributed by atoms with Gasteiger partial charge >= 0.3 is 0 Å². The Balaban J connectivity index is 1.39. The van der Waals surface area contributed by atoms with Crippen molar-refractivity contribution in [1.82, 2.24) is 9.21 Å². The van der Waals surface area contributed by atoms with Crippen LogP contribution in [0.2, 0.25) is 0 Å². The zero-order chi connectivity index (χ0) is 25.9. The maximum absolute atomic E-state index is 13.2. The number of sulfonamides is 1. The molecule has 2 aromatic rings. The largest absolute Gasteiger partial charge is 0.493 e. The lowest BCUT2D eigenvalue weighted by molar-refractivity contribution is -0.127. The molecule has 0 radical (unpaired) electrons. The van der Waals surface area contributed by atoms with Crippen molar-refractivity contribution >= 4 is 33.6 Å². The number of hydrogen-bond donors (Lipinski definition) is 1. The molecule has 36 heavy (non-hydrogen) atoms. The minimum absolute atomic E-state index is 0.0632. The van der Waals surface area contributed by atoms with Crippen LogP contribution in [0.25, 0.3) is 6.08 Å². The summed E-state index contributed by atoms with van der Waals surface area (Å²) in [6, 6.07) is 9.78. The molecule has 0 spiro atoms. The Morgan fingerprint density at radius 1 is 1.08 bits per heavy atom. The predicted octanol–water partition coefficient (Wildman–Crippen LogP) is 2.36. The number of rotatable bonds is 7. The molecular weight excluding hydrogens is 486 g/mol. The highest BCUT2D eigenvalue weighted by Crippen LogP contribution is 2.33. The highest BCUT2D eigenvalue weighted by Gasteiger charge is 2.32. The summed E-state index contributed by atoms with van der Waals surface area (Å²) in [4.78, 5) is 26.5. The summed E-state index contributed by atoms with van der Waals surface area (Å²) in [5.41, 5.74) is 1.11. The van der Waals surface area contributed by atoms with E-state index in [4.69, 9.17) is 14.2 Å². The molecule has 1 atom stereocenters. The van der Waals surface area contributed by atoms with Gasteiger partial charge in [-0.15, -0.1) is 0 Å². The van der Waals surface area contributed by atoms with E-state index in [1.54, 1.807) is 43.4 Å². The van der Waals surface area contributed by atoms with Crippen molar-refractivity contribution < 1.29 is 32.2 Å². The number of hydrogen-bond acceptors (Lipinski definition) is 7. The number of piperazine rings is 1. The Hall–Kier alpha value is -3.57. The zero-order valence-corrected chi connectivity index (χ0v) is 21.2. The van der Waals surface area contributed by atoms with Crippen molar-refractivity contribution in [3.63, 3.8) is 0 Å². The standard InChI is InChI=1S/C25H29N3O7S/c1-4-20-25(30)26-19-16-18(7-9-21(19)35-20)36(31,32)28-13-11-27(12-14-28)24(29)10-6-17-5-8-22(33-2)23(15-17)34-3/h5-10,15-16,20H,4,11-14H2,1-3H3,(H,26,30)/b10-6+/t20-/m1/s1. The highest BCUT2D eigenvalue weighted by molar-refractivity contribution is 7.89. The Morgan fingerprint density at radius 3 is 2.47 bits per heavy atom. The summed E-state index contributed by atoms with van der Waals surface area (Å²) in [5, 5.41) is 2.72. The first-order valence-corrected chi connectivity index (χ1v) is 13.0. The van der Waals surface area contributed by atoms with E-state index >= 15 is 0 Å². The molecule has 192 valence electrons. The van der Waals surface area contributed by atoms with E-state index in [0.29, 0.717) is 29.4 Å². The quantitative estimate of drug-likeness (QED) is 0.563. The Labute approximate surface area is 210 Å². The van der Waals surface area contributed by atoms with E-state index in [9.17, 15) is 18.0 Å². The minimum atomic E-state index is -3.81. The fourth-order valence-corrected chi connectivity index (χ4v) is 5.54. The minimum Gasteiger partial charge on any atom is -0.493 e. The zero-order valence-electron chi connectivity index (χ0n) is 20.4. The Morgan fingerprint density at radius 2 is 1.81 bits per heavy atom. The van der Waals surface area contributed by atoms with E-state index in [2.05, 4.69) is 5.32 Å². The molecule has 1 saturated heterocycles. The van der Waals surface area contributed by atoms with Crippen molar-refractivity contribution in [3.05, 3.63) is 48.0 Å². The van der Waals surface area contributed by atoms with Gasteiger partial charge in [-0.3, -0.25) is 9.59 Å². The lowest BCUT2D eigenvalue weighted by atomic mass is 10.2. The van der Waals surface area contributed by atoms with Crippen LogP contribution in [0.3, 0.4) is 0 Å². The van der Waals surface area contributed by atoms with Crippen LogP contribution in [-0.2, 0) is 19.6 Å². The fraction of sp³-hybridized carbons (Fsp3) is 0.360. The summed E-state index contributed by atoms with van der Waals surface area (Å²) in [7, 11) is -0.713. The number of methoxy groups -OCH3 is 2. The average Bonchev–Trinajstić information content (AvgIpc) is 2.90. The summed E-state index contributed by atoms with van der Waals surface area (Å²) in [6.45, 7) is 2.69. The van der Waals surface area contributed by atoms with E-state index in [1.165, 1.54) is 22.5 Å². The molecule has 1 fully saturated rings. The van der Waals surface area contributed by atoms with Gasteiger partial charge in [0.1, 0.15) is 5.75 Å². The molecule has 10 nitrogen and oxygen atoms in total. The van der Waals surface area contributed by atoms with E-state index in [0.717, 1.165) is 5.56 Å². The number of anilines is 1. The number of carbonyl (C=O) groups excluding carboxylic acids is 2. The Bertz CT molecular complexity index is 1280. The van der Waals surface area contributed by atoms with Crippen molar-refractivity contribution in [1.29, 1.82) is 0 Å². The van der Waals surface area contributed by atoms with Crippen molar-refractivity contribution in [2.45, 2.75) is 24.3 Å². The van der Waals surface area contributed by atoms with Gasteiger partial charge in [0.2, 0.25) is 15.9 Å². The molecule has 0 aliphatic carbocycles. The van der Waals surface area contributed by atoms with Crippen LogP contribution in [0.15, 0.2) is 47.4 Å². The van der Waals surface area contributed by atoms with Crippen LogP contribution in [0, 0.1) is 0 Å². The van der Waals surface area contributed by atoms with Crippen LogP contribution in [0.4, 0.5) is 5.69 Å². The molecule has 2 heterocycles. The van der Waals surface area contributed by atoms with Crippen LogP contribution < -0.4 is 19.5 Å². The van der Waals surface area contributed by atoms with Gasteiger partial charge in [-0.05, 0) is 48.4 Å². The molecular formula is C25H29N3O7S. The number of amides is 2. The molecule has 0 bridgehead atoms. The maximum Gasteiger partial charge on any atom is 0.265 e. The predicted molar refractivity (Wildman–Crippen MR) is 134 cm³/mol. The van der Waals surface area contributed by atoms with Crippen molar-refractivity contribution in [2.24, 2.45) is 0 Å². The first-order chi connectivity index (χ1) is 17.3. The maximum atomic E-state index is 13.2. The third-order valence-electron chi connectivity index (χ3n) is 6.16. The number of fused-ring (bicyclic) bond motifs is 1. The molecule has 2 aliphatic heterocycles. The normalized spacial score (nSPS) is 18.4. The number of ether oxygens (including phenoxy) is 3. The number of nitrogens with one attached hydrogen (secondary N) is 1. The van der Waals surface area contributed by atoms with Gasteiger partial charge in [0.15, 0.2) is 17.6 Å². The van der Waals surface area contributed by atoms with E-state index < -0.39 is 16.1 Å². The average molecular weight is 516 g/mol. The topological polar surface area (TPSA) is 114 Å². The second-order valence-corrected chi connectivity index (χ2v) is 10.3. The van der Waals surface area contributed by atoms with Gasteiger partial charge in [-0.25, -0.2) is 8.42 Å². The van der Waals surface area contributed by atoms with Crippen molar-refractivity contribution in [3.8, 4) is 17.2 Å². The SMILES string of the molecule is CC[C@H]1Oc2ccc(S(=O)(=O)N3CCN(C(=O)/C=C/c4ccc(OC)c(OC)c4)CC3)cc2NC1=O. The smallest absolute Gasteiger partial charge is 0.265 e. The van der Waals surface area contributed by atoms with Crippen LogP contribution in [0.5, 0.6) is 17.2 Å². The first-order valence-electron chi connectivity index (χ1n) is 11.6. The van der Waals surface area contributed by atoms with Gasteiger partial charge < -0.3 is 24.4 Å². The van der Waals surface area contributed by atoms with Crippen LogP contribution >= 0.6 is 0 Å². The lowest BCUT2D eigenvalue weighted by Gasteiger charge is -2.33. The number of benzene rings is 2. The highest BCUT2D eigenvalue weighted by atomic mass is 32.2. The molecule has 0 aromatic heterocycles. The summed E-state index contributed by atoms with van der Waals surface area (Å²) in [5.74, 6) is 1.09. The molecule has 2 amide bonds. The second-order valence-electron chi connectivity index (χ2n) is 8.34. The van der Waals surface area contributed by atoms with E-state index in [1.807, 2.05) is 13.0 Å². The molecule has 11 heteroatoms. The van der Waals surface area contributed by atoms with Crippen molar-refractivity contribution in [2.75, 3.05) is 45.7 Å².